The third kappa shape index (κ3) is 2.99. The lowest BCUT2D eigenvalue weighted by molar-refractivity contribution is 0.145. The van der Waals surface area contributed by atoms with Gasteiger partial charge in [0, 0.05) is 24.8 Å². The molecule has 3 N–H and O–H groups in total. The molecule has 1 atom stereocenters. The van der Waals surface area contributed by atoms with Crippen LogP contribution >= 0.6 is 0 Å². The molecule has 0 unspecified atom stereocenters. The Hall–Kier alpha value is -1.06. The van der Waals surface area contributed by atoms with Crippen LogP contribution in [0.3, 0.4) is 0 Å². The van der Waals surface area contributed by atoms with Gasteiger partial charge in [0.05, 0.1) is 6.10 Å². The molecule has 0 spiro atoms. The predicted molar refractivity (Wildman–Crippen MR) is 71.1 cm³/mol. The Morgan fingerprint density at radius 2 is 1.88 bits per heavy atom. The van der Waals surface area contributed by atoms with Crippen molar-refractivity contribution in [1.29, 1.82) is 0 Å². The molecule has 0 saturated carbocycles. The number of hydrogen-bond acceptors (Lipinski definition) is 3. The van der Waals surface area contributed by atoms with E-state index in [1.807, 2.05) is 0 Å². The van der Waals surface area contributed by atoms with E-state index in [9.17, 15) is 5.11 Å². The van der Waals surface area contributed by atoms with Crippen molar-refractivity contribution in [2.45, 2.75) is 38.3 Å². The highest BCUT2D eigenvalue weighted by molar-refractivity contribution is 5.48. The molecule has 1 aliphatic heterocycles. The molecular weight excluding hydrogens is 212 g/mol. The van der Waals surface area contributed by atoms with Gasteiger partial charge < -0.3 is 15.7 Å². The van der Waals surface area contributed by atoms with Gasteiger partial charge in [-0.15, -0.1) is 0 Å². The van der Waals surface area contributed by atoms with Crippen molar-refractivity contribution in [3.8, 4) is 0 Å². The number of aliphatic hydroxyl groups is 1. The number of nitrogens with zero attached hydrogens (tertiary/aromatic N) is 1. The zero-order chi connectivity index (χ0) is 12.3. The van der Waals surface area contributed by atoms with Gasteiger partial charge in [0.1, 0.15) is 0 Å². The van der Waals surface area contributed by atoms with Crippen LogP contribution < -0.4 is 10.6 Å². The fraction of sp³-hybridized carbons (Fsp3) is 0.571. The molecule has 1 saturated heterocycles. The summed E-state index contributed by atoms with van der Waals surface area (Å²) in [5, 5.41) is 9.48. The number of benzene rings is 1. The first-order chi connectivity index (χ1) is 8.20. The third-order valence-corrected chi connectivity index (χ3v) is 3.59. The molecule has 2 rings (SSSR count). The summed E-state index contributed by atoms with van der Waals surface area (Å²) in [6, 6.07) is 8.67. The predicted octanol–water partition coefficient (Wildman–Crippen LogP) is 2.06. The molecule has 17 heavy (non-hydrogen) atoms. The Labute approximate surface area is 103 Å². The van der Waals surface area contributed by atoms with Crippen molar-refractivity contribution in [3.05, 3.63) is 29.8 Å². The maximum absolute atomic E-state index is 9.48. The van der Waals surface area contributed by atoms with E-state index >= 15 is 0 Å². The zero-order valence-electron chi connectivity index (χ0n) is 10.5. The molecule has 3 heteroatoms. The molecule has 0 radical (unpaired) electrons. The molecule has 0 amide bonds. The second-order valence-corrected chi connectivity index (χ2v) is 4.82. The van der Waals surface area contributed by atoms with Gasteiger partial charge in [0.2, 0.25) is 0 Å². The Balaban J connectivity index is 2.02. The number of aliphatic hydroxyl groups excluding tert-OH is 1. The first-order valence-electron chi connectivity index (χ1n) is 6.49. The molecule has 0 bridgehead atoms. The van der Waals surface area contributed by atoms with Gasteiger partial charge in [-0.05, 0) is 37.0 Å². The van der Waals surface area contributed by atoms with Gasteiger partial charge >= 0.3 is 0 Å². The van der Waals surface area contributed by atoms with Gasteiger partial charge in [-0.2, -0.15) is 0 Å². The van der Waals surface area contributed by atoms with Crippen LogP contribution in [0.4, 0.5) is 5.69 Å². The lowest BCUT2D eigenvalue weighted by atomic mass is 10.0. The van der Waals surface area contributed by atoms with Crippen molar-refractivity contribution in [2.24, 2.45) is 5.73 Å². The molecule has 0 aliphatic carbocycles. The second kappa shape index (κ2) is 5.52. The van der Waals surface area contributed by atoms with Crippen LogP contribution in [0.15, 0.2) is 24.3 Å². The average Bonchev–Trinajstić information content (AvgIpc) is 2.39. The molecule has 94 valence electrons. The SMILES string of the molecule is CC[C@@H](N)c1ccc(N2CCC(O)CC2)cc1. The molecule has 1 aromatic carbocycles. The highest BCUT2D eigenvalue weighted by atomic mass is 16.3. The van der Waals surface area contributed by atoms with Gasteiger partial charge in [-0.25, -0.2) is 0 Å². The number of anilines is 1. The maximum atomic E-state index is 9.48. The van der Waals surface area contributed by atoms with E-state index in [2.05, 4.69) is 36.1 Å². The number of rotatable bonds is 3. The summed E-state index contributed by atoms with van der Waals surface area (Å²) >= 11 is 0. The number of nitrogens with two attached hydrogens (primary N) is 1. The van der Waals surface area contributed by atoms with Crippen LogP contribution in [0.5, 0.6) is 0 Å². The van der Waals surface area contributed by atoms with E-state index in [-0.39, 0.29) is 12.1 Å². The summed E-state index contributed by atoms with van der Waals surface area (Å²) in [5.41, 5.74) is 8.44. The van der Waals surface area contributed by atoms with Crippen LogP contribution in [0.1, 0.15) is 37.8 Å². The summed E-state index contributed by atoms with van der Waals surface area (Å²) < 4.78 is 0. The Kier molecular flexibility index (Phi) is 4.02. The van der Waals surface area contributed by atoms with Crippen molar-refractivity contribution < 1.29 is 5.11 Å². The smallest absolute Gasteiger partial charge is 0.0574 e. The van der Waals surface area contributed by atoms with E-state index in [0.29, 0.717) is 0 Å². The Bertz CT molecular complexity index is 342. The summed E-state index contributed by atoms with van der Waals surface area (Å²) in [7, 11) is 0. The zero-order valence-corrected chi connectivity index (χ0v) is 10.5. The van der Waals surface area contributed by atoms with E-state index < -0.39 is 0 Å². The normalized spacial score (nSPS) is 19.4. The molecule has 0 aromatic heterocycles. The van der Waals surface area contributed by atoms with Crippen LogP contribution in [0.25, 0.3) is 0 Å². The molecule has 1 heterocycles. The molecule has 1 aromatic rings. The Morgan fingerprint density at radius 3 is 2.41 bits per heavy atom. The quantitative estimate of drug-likeness (QED) is 0.841. The third-order valence-electron chi connectivity index (χ3n) is 3.59. The minimum atomic E-state index is -0.112. The van der Waals surface area contributed by atoms with Gasteiger partial charge in [0.15, 0.2) is 0 Å². The largest absolute Gasteiger partial charge is 0.393 e. The standard InChI is InChI=1S/C14H22N2O/c1-2-14(15)11-3-5-12(6-4-11)16-9-7-13(17)8-10-16/h3-6,13-14,17H,2,7-10,15H2,1H3/t14-/m1/s1. The van der Waals surface area contributed by atoms with Crippen LogP contribution in [0.2, 0.25) is 0 Å². The van der Waals surface area contributed by atoms with E-state index in [1.165, 1.54) is 11.3 Å². The van der Waals surface area contributed by atoms with Gasteiger partial charge in [-0.3, -0.25) is 0 Å². The summed E-state index contributed by atoms with van der Waals surface area (Å²) in [4.78, 5) is 2.33. The lowest BCUT2D eigenvalue weighted by Crippen LogP contribution is -2.35. The summed E-state index contributed by atoms with van der Waals surface area (Å²) in [6.45, 7) is 3.99. The van der Waals surface area contributed by atoms with Crippen molar-refractivity contribution in [2.75, 3.05) is 18.0 Å². The first-order valence-corrected chi connectivity index (χ1v) is 6.49. The number of hydrogen-bond donors (Lipinski definition) is 2. The highest BCUT2D eigenvalue weighted by Gasteiger charge is 2.17. The topological polar surface area (TPSA) is 49.5 Å². The van der Waals surface area contributed by atoms with Crippen molar-refractivity contribution in [3.63, 3.8) is 0 Å². The number of piperidine rings is 1. The first kappa shape index (κ1) is 12.4. The van der Waals surface area contributed by atoms with E-state index in [4.69, 9.17) is 5.73 Å². The fourth-order valence-electron chi connectivity index (χ4n) is 2.29. The summed E-state index contributed by atoms with van der Waals surface area (Å²) in [6.07, 6.45) is 2.60. The molecule has 3 nitrogen and oxygen atoms in total. The minimum Gasteiger partial charge on any atom is -0.393 e. The van der Waals surface area contributed by atoms with Gasteiger partial charge in [0.25, 0.3) is 0 Å². The maximum Gasteiger partial charge on any atom is 0.0574 e. The molecular formula is C14H22N2O. The average molecular weight is 234 g/mol. The summed E-state index contributed by atoms with van der Waals surface area (Å²) in [5.74, 6) is 0. The molecule has 1 aliphatic rings. The minimum absolute atomic E-state index is 0.112. The van der Waals surface area contributed by atoms with Crippen LogP contribution in [0, 0.1) is 0 Å². The van der Waals surface area contributed by atoms with Crippen LogP contribution in [-0.4, -0.2) is 24.3 Å². The second-order valence-electron chi connectivity index (χ2n) is 4.82. The van der Waals surface area contributed by atoms with Gasteiger partial charge in [-0.1, -0.05) is 19.1 Å². The highest BCUT2D eigenvalue weighted by Crippen LogP contribution is 2.22. The van der Waals surface area contributed by atoms with Crippen molar-refractivity contribution >= 4 is 5.69 Å². The van der Waals surface area contributed by atoms with Crippen molar-refractivity contribution in [1.82, 2.24) is 0 Å². The molecule has 1 fully saturated rings. The van der Waals surface area contributed by atoms with E-state index in [0.717, 1.165) is 32.4 Å². The van der Waals surface area contributed by atoms with Crippen LogP contribution in [-0.2, 0) is 0 Å². The monoisotopic (exact) mass is 234 g/mol. The fourth-order valence-corrected chi connectivity index (χ4v) is 2.29. The van der Waals surface area contributed by atoms with E-state index in [1.54, 1.807) is 0 Å². The lowest BCUT2D eigenvalue weighted by Gasteiger charge is -2.31. The Morgan fingerprint density at radius 1 is 1.29 bits per heavy atom.